The zero-order chi connectivity index (χ0) is 15.4. The van der Waals surface area contributed by atoms with E-state index < -0.39 is 5.91 Å². The first kappa shape index (κ1) is 15.3. The molecule has 2 rings (SSSR count). The Balaban J connectivity index is 2.02. The second kappa shape index (κ2) is 6.60. The number of primary amides is 1. The molecule has 1 aromatic heterocycles. The number of carbonyl (C=O) groups is 2. The van der Waals surface area contributed by atoms with Gasteiger partial charge in [-0.3, -0.25) is 14.3 Å². The molecule has 0 aliphatic rings. The van der Waals surface area contributed by atoms with E-state index in [0.29, 0.717) is 28.0 Å². The summed E-state index contributed by atoms with van der Waals surface area (Å²) >= 11 is 11.7. The highest BCUT2D eigenvalue weighted by Crippen LogP contribution is 2.22. The number of halogens is 2. The van der Waals surface area contributed by atoms with E-state index >= 15 is 0 Å². The van der Waals surface area contributed by atoms with E-state index in [1.807, 2.05) is 0 Å². The molecule has 2 amide bonds. The number of carbonyl (C=O) groups excluding carboxylic acids is 2. The van der Waals surface area contributed by atoms with Crippen LogP contribution in [0.4, 0.5) is 5.82 Å². The standard InChI is InChI=1S/C13H12Cl2N4O2/c14-9-2-1-8(7-10(9)15)13(21)17-12-4-6-19(18-12)5-3-11(16)20/h1-2,4,6-7H,3,5H2,(H2,16,20)(H,17,18,21). The Kier molecular flexibility index (Phi) is 4.82. The van der Waals surface area contributed by atoms with E-state index in [-0.39, 0.29) is 12.3 Å². The van der Waals surface area contributed by atoms with Gasteiger partial charge in [0, 0.05) is 30.8 Å². The fraction of sp³-hybridized carbons (Fsp3) is 0.154. The second-order valence-electron chi connectivity index (χ2n) is 4.26. The molecule has 110 valence electrons. The van der Waals surface area contributed by atoms with Crippen LogP contribution in [0.15, 0.2) is 30.5 Å². The van der Waals surface area contributed by atoms with Crippen molar-refractivity contribution in [2.45, 2.75) is 13.0 Å². The van der Waals surface area contributed by atoms with Crippen LogP contribution in [-0.4, -0.2) is 21.6 Å². The number of benzene rings is 1. The van der Waals surface area contributed by atoms with Gasteiger partial charge in [-0.1, -0.05) is 23.2 Å². The average Bonchev–Trinajstić information content (AvgIpc) is 2.87. The van der Waals surface area contributed by atoms with Crippen molar-refractivity contribution in [3.63, 3.8) is 0 Å². The lowest BCUT2D eigenvalue weighted by molar-refractivity contribution is -0.118. The van der Waals surface area contributed by atoms with Gasteiger partial charge in [-0.25, -0.2) is 0 Å². The van der Waals surface area contributed by atoms with Gasteiger partial charge in [0.05, 0.1) is 10.0 Å². The molecule has 0 saturated carbocycles. The molecule has 1 aromatic carbocycles. The molecular formula is C13H12Cl2N4O2. The van der Waals surface area contributed by atoms with Gasteiger partial charge >= 0.3 is 0 Å². The number of hydrogen-bond donors (Lipinski definition) is 2. The number of aromatic nitrogens is 2. The van der Waals surface area contributed by atoms with Crippen LogP contribution in [0.2, 0.25) is 10.0 Å². The van der Waals surface area contributed by atoms with Crippen LogP contribution >= 0.6 is 23.2 Å². The molecule has 0 saturated heterocycles. The van der Waals surface area contributed by atoms with Gasteiger partial charge in [-0.2, -0.15) is 5.10 Å². The molecule has 6 nitrogen and oxygen atoms in total. The maximum atomic E-state index is 12.0. The van der Waals surface area contributed by atoms with Crippen molar-refractivity contribution in [3.05, 3.63) is 46.1 Å². The van der Waals surface area contributed by atoms with Crippen LogP contribution in [0.3, 0.4) is 0 Å². The van der Waals surface area contributed by atoms with Gasteiger partial charge in [-0.15, -0.1) is 0 Å². The molecule has 0 unspecified atom stereocenters. The quantitative estimate of drug-likeness (QED) is 0.883. The Morgan fingerprint density at radius 3 is 2.67 bits per heavy atom. The summed E-state index contributed by atoms with van der Waals surface area (Å²) in [5, 5.41) is 7.41. The molecule has 3 N–H and O–H groups in total. The van der Waals surface area contributed by atoms with Crippen molar-refractivity contribution in [2.75, 3.05) is 5.32 Å². The van der Waals surface area contributed by atoms with E-state index in [2.05, 4.69) is 10.4 Å². The predicted octanol–water partition coefficient (Wildman–Crippen LogP) is 2.32. The summed E-state index contributed by atoms with van der Waals surface area (Å²) in [5.41, 5.74) is 5.43. The van der Waals surface area contributed by atoms with Crippen LogP contribution in [0, 0.1) is 0 Å². The molecule has 0 aliphatic heterocycles. The Bertz CT molecular complexity index is 685. The lowest BCUT2D eigenvalue weighted by atomic mass is 10.2. The highest BCUT2D eigenvalue weighted by atomic mass is 35.5. The van der Waals surface area contributed by atoms with Crippen LogP contribution in [0.25, 0.3) is 0 Å². The van der Waals surface area contributed by atoms with E-state index in [9.17, 15) is 9.59 Å². The van der Waals surface area contributed by atoms with Crippen molar-refractivity contribution < 1.29 is 9.59 Å². The number of nitrogens with one attached hydrogen (secondary N) is 1. The largest absolute Gasteiger partial charge is 0.370 e. The van der Waals surface area contributed by atoms with E-state index in [1.54, 1.807) is 24.4 Å². The normalized spacial score (nSPS) is 10.4. The Hall–Kier alpha value is -2.05. The number of aryl methyl sites for hydroxylation is 1. The van der Waals surface area contributed by atoms with E-state index in [4.69, 9.17) is 28.9 Å². The highest BCUT2D eigenvalue weighted by molar-refractivity contribution is 6.42. The van der Waals surface area contributed by atoms with Gasteiger partial charge < -0.3 is 11.1 Å². The third-order valence-corrected chi connectivity index (χ3v) is 3.39. The van der Waals surface area contributed by atoms with Crippen LogP contribution in [0.1, 0.15) is 16.8 Å². The highest BCUT2D eigenvalue weighted by Gasteiger charge is 2.10. The summed E-state index contributed by atoms with van der Waals surface area (Å²) < 4.78 is 1.52. The lowest BCUT2D eigenvalue weighted by Gasteiger charge is -2.03. The van der Waals surface area contributed by atoms with Crippen LogP contribution in [0.5, 0.6) is 0 Å². The summed E-state index contributed by atoms with van der Waals surface area (Å²) in [6, 6.07) is 6.21. The number of nitrogens with two attached hydrogens (primary N) is 1. The second-order valence-corrected chi connectivity index (χ2v) is 5.08. The van der Waals surface area contributed by atoms with Gasteiger partial charge in [0.2, 0.25) is 5.91 Å². The molecule has 0 spiro atoms. The molecule has 8 heteroatoms. The average molecular weight is 327 g/mol. The summed E-state index contributed by atoms with van der Waals surface area (Å²) in [6.07, 6.45) is 1.83. The van der Waals surface area contributed by atoms with Crippen molar-refractivity contribution >= 4 is 40.8 Å². The fourth-order valence-corrected chi connectivity index (χ4v) is 1.90. The summed E-state index contributed by atoms with van der Waals surface area (Å²) in [5.74, 6) is -0.392. The number of hydrogen-bond acceptors (Lipinski definition) is 3. The minimum atomic E-state index is -0.410. The molecule has 21 heavy (non-hydrogen) atoms. The summed E-state index contributed by atoms with van der Waals surface area (Å²) in [4.78, 5) is 22.7. The van der Waals surface area contributed by atoms with Crippen molar-refractivity contribution in [1.82, 2.24) is 9.78 Å². The van der Waals surface area contributed by atoms with Crippen molar-refractivity contribution in [3.8, 4) is 0 Å². The first-order valence-corrected chi connectivity index (χ1v) is 6.79. The molecule has 0 aliphatic carbocycles. The van der Waals surface area contributed by atoms with Gasteiger partial charge in [0.25, 0.3) is 5.91 Å². The molecule has 0 atom stereocenters. The van der Waals surface area contributed by atoms with Crippen molar-refractivity contribution in [1.29, 1.82) is 0 Å². The van der Waals surface area contributed by atoms with E-state index in [1.165, 1.54) is 10.7 Å². The third kappa shape index (κ3) is 4.21. The SMILES string of the molecule is NC(=O)CCn1ccc(NC(=O)c2ccc(Cl)c(Cl)c2)n1. The number of amides is 2. The number of nitrogens with zero attached hydrogens (tertiary/aromatic N) is 2. The maximum Gasteiger partial charge on any atom is 0.256 e. The zero-order valence-corrected chi connectivity index (χ0v) is 12.4. The number of anilines is 1. The minimum Gasteiger partial charge on any atom is -0.370 e. The lowest BCUT2D eigenvalue weighted by Crippen LogP contribution is -2.15. The van der Waals surface area contributed by atoms with Gasteiger partial charge in [-0.05, 0) is 18.2 Å². The van der Waals surface area contributed by atoms with Gasteiger partial charge in [0.15, 0.2) is 5.82 Å². The predicted molar refractivity (Wildman–Crippen MR) is 80.5 cm³/mol. The first-order chi connectivity index (χ1) is 9.95. The van der Waals surface area contributed by atoms with Gasteiger partial charge in [0.1, 0.15) is 0 Å². The molecule has 2 aromatic rings. The minimum absolute atomic E-state index is 0.182. The third-order valence-electron chi connectivity index (χ3n) is 2.65. The topological polar surface area (TPSA) is 90.0 Å². The first-order valence-electron chi connectivity index (χ1n) is 6.04. The molecule has 0 radical (unpaired) electrons. The maximum absolute atomic E-state index is 12.0. The zero-order valence-electron chi connectivity index (χ0n) is 10.8. The fourth-order valence-electron chi connectivity index (χ4n) is 1.60. The molecular weight excluding hydrogens is 315 g/mol. The van der Waals surface area contributed by atoms with Crippen LogP contribution < -0.4 is 11.1 Å². The Labute approximate surface area is 130 Å². The van der Waals surface area contributed by atoms with Crippen LogP contribution in [-0.2, 0) is 11.3 Å². The molecule has 0 bridgehead atoms. The smallest absolute Gasteiger partial charge is 0.256 e. The molecule has 1 heterocycles. The molecule has 0 fully saturated rings. The number of rotatable bonds is 5. The Morgan fingerprint density at radius 2 is 2.00 bits per heavy atom. The Morgan fingerprint density at radius 1 is 1.24 bits per heavy atom. The monoisotopic (exact) mass is 326 g/mol. The van der Waals surface area contributed by atoms with E-state index in [0.717, 1.165) is 0 Å². The summed E-state index contributed by atoms with van der Waals surface area (Å²) in [6.45, 7) is 0.359. The summed E-state index contributed by atoms with van der Waals surface area (Å²) in [7, 11) is 0. The van der Waals surface area contributed by atoms with Crippen molar-refractivity contribution in [2.24, 2.45) is 5.73 Å².